The summed E-state index contributed by atoms with van der Waals surface area (Å²) in [5.41, 5.74) is 4.33. The lowest BCUT2D eigenvalue weighted by atomic mass is 9.87. The molecule has 0 fully saturated rings. The van der Waals surface area contributed by atoms with Crippen LogP contribution in [-0.4, -0.2) is 4.98 Å². The van der Waals surface area contributed by atoms with Crippen LogP contribution in [0.4, 0.5) is 0 Å². The van der Waals surface area contributed by atoms with E-state index in [0.29, 0.717) is 0 Å². The Morgan fingerprint density at radius 3 is 2.71 bits per heavy atom. The lowest BCUT2D eigenvalue weighted by Crippen LogP contribution is -2.13. The predicted octanol–water partition coefficient (Wildman–Crippen LogP) is 2.75. The van der Waals surface area contributed by atoms with E-state index in [1.807, 2.05) is 18.2 Å². The monoisotopic (exact) mass is 223 g/mol. The minimum Gasteiger partial charge on any atom is -0.329 e. The van der Waals surface area contributed by atoms with Gasteiger partial charge in [0.1, 0.15) is 0 Å². The Morgan fingerprint density at radius 1 is 1.00 bits per heavy atom. The van der Waals surface area contributed by atoms with Crippen LogP contribution in [-0.2, 0) is 6.42 Å². The zero-order chi connectivity index (χ0) is 11.7. The van der Waals surface area contributed by atoms with E-state index < -0.39 is 0 Å². The van der Waals surface area contributed by atoms with Crippen molar-refractivity contribution in [3.05, 3.63) is 75.7 Å². The number of aromatic amines is 1. The first-order valence-corrected chi connectivity index (χ1v) is 5.83. The summed E-state index contributed by atoms with van der Waals surface area (Å²) in [5.74, 6) is 0. The zero-order valence-corrected chi connectivity index (χ0v) is 9.44. The maximum atomic E-state index is 11.8. The normalized spacial score (nSPS) is 14.0. The fourth-order valence-corrected chi connectivity index (χ4v) is 2.37. The third kappa shape index (κ3) is 1.72. The summed E-state index contributed by atoms with van der Waals surface area (Å²) in [6, 6.07) is 12.1. The van der Waals surface area contributed by atoms with Crippen LogP contribution in [0, 0.1) is 0 Å². The molecule has 0 saturated heterocycles. The molecular formula is C15H13NO. The van der Waals surface area contributed by atoms with Crippen molar-refractivity contribution in [2.45, 2.75) is 12.8 Å². The molecule has 1 aromatic heterocycles. The number of H-pyrrole nitrogens is 1. The van der Waals surface area contributed by atoms with Gasteiger partial charge in [0, 0.05) is 11.8 Å². The van der Waals surface area contributed by atoms with Crippen molar-refractivity contribution >= 4 is 5.57 Å². The molecule has 1 aliphatic carbocycles. The Morgan fingerprint density at radius 2 is 1.82 bits per heavy atom. The van der Waals surface area contributed by atoms with Gasteiger partial charge in [-0.2, -0.15) is 0 Å². The molecule has 2 nitrogen and oxygen atoms in total. The van der Waals surface area contributed by atoms with Gasteiger partial charge in [0.25, 0.3) is 5.56 Å². The van der Waals surface area contributed by atoms with Crippen LogP contribution in [0.3, 0.4) is 0 Å². The van der Waals surface area contributed by atoms with E-state index in [1.165, 1.54) is 11.1 Å². The van der Waals surface area contributed by atoms with E-state index >= 15 is 0 Å². The number of hydrogen-bond acceptors (Lipinski definition) is 1. The molecule has 0 aliphatic heterocycles. The molecule has 0 spiro atoms. The zero-order valence-electron chi connectivity index (χ0n) is 9.44. The molecule has 0 bridgehead atoms. The second-order valence-corrected chi connectivity index (χ2v) is 4.23. The first-order chi connectivity index (χ1) is 8.36. The highest BCUT2D eigenvalue weighted by Crippen LogP contribution is 2.29. The summed E-state index contributed by atoms with van der Waals surface area (Å²) in [6.07, 6.45) is 5.89. The van der Waals surface area contributed by atoms with Gasteiger partial charge in [-0.05, 0) is 41.7 Å². The molecular weight excluding hydrogens is 210 g/mol. The minimum absolute atomic E-state index is 0.0181. The standard InChI is InChI=1S/C15H13NO/c17-15-14(9-4-10-16-15)13-8-3-6-11-5-1-2-7-12(11)13/h1-2,4-5,7-10H,3,6H2,(H,16,17). The minimum atomic E-state index is -0.0181. The van der Waals surface area contributed by atoms with Crippen molar-refractivity contribution in [2.24, 2.45) is 0 Å². The smallest absolute Gasteiger partial charge is 0.255 e. The van der Waals surface area contributed by atoms with E-state index in [4.69, 9.17) is 0 Å². The Labute approximate surface area is 99.6 Å². The van der Waals surface area contributed by atoms with Gasteiger partial charge in [0.05, 0.1) is 0 Å². The number of aryl methyl sites for hydroxylation is 1. The van der Waals surface area contributed by atoms with E-state index in [0.717, 1.165) is 24.0 Å². The lowest BCUT2D eigenvalue weighted by Gasteiger charge is -2.17. The van der Waals surface area contributed by atoms with Crippen LogP contribution in [0.2, 0.25) is 0 Å². The van der Waals surface area contributed by atoms with Gasteiger partial charge in [-0.15, -0.1) is 0 Å². The van der Waals surface area contributed by atoms with Crippen LogP contribution in [0.15, 0.2) is 53.5 Å². The molecule has 17 heavy (non-hydrogen) atoms. The number of fused-ring (bicyclic) bond motifs is 1. The largest absolute Gasteiger partial charge is 0.329 e. The molecule has 0 unspecified atom stereocenters. The maximum absolute atomic E-state index is 11.8. The van der Waals surface area contributed by atoms with Crippen LogP contribution >= 0.6 is 0 Å². The van der Waals surface area contributed by atoms with E-state index in [-0.39, 0.29) is 5.56 Å². The fraction of sp³-hybridized carbons (Fsp3) is 0.133. The average Bonchev–Trinajstić information content (AvgIpc) is 2.39. The third-order valence-corrected chi connectivity index (χ3v) is 3.18. The molecule has 1 aromatic carbocycles. The molecule has 1 N–H and O–H groups in total. The van der Waals surface area contributed by atoms with E-state index in [1.54, 1.807) is 6.20 Å². The molecule has 0 saturated carbocycles. The fourth-order valence-electron chi connectivity index (χ4n) is 2.37. The summed E-state index contributed by atoms with van der Waals surface area (Å²) < 4.78 is 0. The molecule has 0 radical (unpaired) electrons. The first kappa shape index (κ1) is 10.1. The van der Waals surface area contributed by atoms with Crippen molar-refractivity contribution in [3.8, 4) is 0 Å². The first-order valence-electron chi connectivity index (χ1n) is 5.83. The number of hydrogen-bond donors (Lipinski definition) is 1. The lowest BCUT2D eigenvalue weighted by molar-refractivity contribution is 0.976. The van der Waals surface area contributed by atoms with Gasteiger partial charge in [-0.3, -0.25) is 4.79 Å². The number of allylic oxidation sites excluding steroid dienone is 1. The Kier molecular flexibility index (Phi) is 2.41. The Bertz CT molecular complexity index is 637. The second-order valence-electron chi connectivity index (χ2n) is 4.23. The van der Waals surface area contributed by atoms with Gasteiger partial charge in [0.2, 0.25) is 0 Å². The number of pyridine rings is 1. The quantitative estimate of drug-likeness (QED) is 0.792. The van der Waals surface area contributed by atoms with Gasteiger partial charge in [-0.1, -0.05) is 30.3 Å². The van der Waals surface area contributed by atoms with Gasteiger partial charge < -0.3 is 4.98 Å². The van der Waals surface area contributed by atoms with Crippen LogP contribution in [0.1, 0.15) is 23.1 Å². The Hall–Kier alpha value is -2.09. The second kappa shape index (κ2) is 4.06. The van der Waals surface area contributed by atoms with E-state index in [2.05, 4.69) is 29.3 Å². The highest BCUT2D eigenvalue weighted by molar-refractivity contribution is 5.82. The topological polar surface area (TPSA) is 32.9 Å². The van der Waals surface area contributed by atoms with Crippen LogP contribution < -0.4 is 5.56 Å². The van der Waals surface area contributed by atoms with Crippen LogP contribution in [0.25, 0.3) is 5.57 Å². The number of nitrogens with one attached hydrogen (secondary N) is 1. The summed E-state index contributed by atoms with van der Waals surface area (Å²) in [5, 5.41) is 0. The van der Waals surface area contributed by atoms with Gasteiger partial charge in [-0.25, -0.2) is 0 Å². The Balaban J connectivity index is 2.20. The van der Waals surface area contributed by atoms with Crippen molar-refractivity contribution in [1.29, 1.82) is 0 Å². The highest BCUT2D eigenvalue weighted by atomic mass is 16.1. The number of benzene rings is 1. The molecule has 1 aliphatic rings. The van der Waals surface area contributed by atoms with Crippen LogP contribution in [0.5, 0.6) is 0 Å². The molecule has 0 atom stereocenters. The molecule has 2 aromatic rings. The van der Waals surface area contributed by atoms with Crippen molar-refractivity contribution in [3.63, 3.8) is 0 Å². The third-order valence-electron chi connectivity index (χ3n) is 3.18. The molecule has 3 rings (SSSR count). The molecule has 84 valence electrons. The van der Waals surface area contributed by atoms with Gasteiger partial charge >= 0.3 is 0 Å². The molecule has 1 heterocycles. The molecule has 2 heteroatoms. The SMILES string of the molecule is O=c1[nH]cccc1C1=CCCc2ccccc21. The summed E-state index contributed by atoms with van der Waals surface area (Å²) in [7, 11) is 0. The van der Waals surface area contributed by atoms with Crippen molar-refractivity contribution < 1.29 is 0 Å². The number of rotatable bonds is 1. The predicted molar refractivity (Wildman–Crippen MR) is 68.9 cm³/mol. The van der Waals surface area contributed by atoms with Crippen molar-refractivity contribution in [2.75, 3.05) is 0 Å². The molecule has 0 amide bonds. The average molecular weight is 223 g/mol. The number of aromatic nitrogens is 1. The summed E-state index contributed by atoms with van der Waals surface area (Å²) in [6.45, 7) is 0. The van der Waals surface area contributed by atoms with Crippen molar-refractivity contribution in [1.82, 2.24) is 4.98 Å². The summed E-state index contributed by atoms with van der Waals surface area (Å²) >= 11 is 0. The van der Waals surface area contributed by atoms with Gasteiger partial charge in [0.15, 0.2) is 0 Å². The van der Waals surface area contributed by atoms with E-state index in [9.17, 15) is 4.79 Å². The summed E-state index contributed by atoms with van der Waals surface area (Å²) in [4.78, 5) is 14.6. The highest BCUT2D eigenvalue weighted by Gasteiger charge is 2.15. The maximum Gasteiger partial charge on any atom is 0.255 e.